The van der Waals surface area contributed by atoms with Crippen LogP contribution in [-0.4, -0.2) is 24.1 Å². The number of carbonyl (C=O) groups is 2. The highest BCUT2D eigenvalue weighted by molar-refractivity contribution is 7.19. The predicted octanol–water partition coefficient (Wildman–Crippen LogP) is 5.73. The van der Waals surface area contributed by atoms with E-state index in [1.54, 1.807) is 36.4 Å². The van der Waals surface area contributed by atoms with Crippen LogP contribution in [0.1, 0.15) is 28.1 Å². The molecule has 1 aliphatic heterocycles. The van der Waals surface area contributed by atoms with Crippen LogP contribution in [0.4, 0.5) is 8.78 Å². The Morgan fingerprint density at radius 2 is 1.88 bits per heavy atom. The molecule has 1 saturated heterocycles. The van der Waals surface area contributed by atoms with Crippen molar-refractivity contribution in [3.05, 3.63) is 83.3 Å². The van der Waals surface area contributed by atoms with E-state index >= 15 is 8.78 Å². The zero-order valence-electron chi connectivity index (χ0n) is 16.9. The fraction of sp³-hybridized carbons (Fsp3) is 0.280. The van der Waals surface area contributed by atoms with Crippen LogP contribution in [0.5, 0.6) is 0 Å². The Morgan fingerprint density at radius 1 is 1.12 bits per heavy atom. The second-order valence-electron chi connectivity index (χ2n) is 8.15. The summed E-state index contributed by atoms with van der Waals surface area (Å²) in [5, 5.41) is 0.769. The Bertz CT molecular complexity index is 1150. The van der Waals surface area contributed by atoms with Crippen molar-refractivity contribution in [2.45, 2.75) is 31.0 Å². The molecule has 1 aromatic heterocycles. The standard InChI is InChI=1S/C25H20F2O4S/c26-25(27,22-12-16-8-4-5-9-21(16)32-22)11-10-17-18-13-23(28)30-20(18)14-19(17)31-24(29)15-6-2-1-3-7-15/h1-12,17-20H,13-14H2/b11-10+/t17-,18-,19-,20+/m1/s1. The lowest BCUT2D eigenvalue weighted by molar-refractivity contribution is -0.141. The largest absolute Gasteiger partial charge is 0.462 e. The molecule has 0 N–H and O–H groups in total. The zero-order valence-corrected chi connectivity index (χ0v) is 17.8. The number of carbonyl (C=O) groups excluding carboxylic acids is 2. The van der Waals surface area contributed by atoms with Gasteiger partial charge in [0.2, 0.25) is 0 Å². The molecule has 0 bridgehead atoms. The third kappa shape index (κ3) is 3.93. The number of halogens is 2. The quantitative estimate of drug-likeness (QED) is 0.365. The molecule has 1 aliphatic carbocycles. The molecule has 1 saturated carbocycles. The van der Waals surface area contributed by atoms with Crippen LogP contribution in [0.25, 0.3) is 10.1 Å². The Labute approximate surface area is 187 Å². The molecule has 164 valence electrons. The lowest BCUT2D eigenvalue weighted by Crippen LogP contribution is -2.25. The summed E-state index contributed by atoms with van der Waals surface area (Å²) in [5.74, 6) is -4.86. The van der Waals surface area contributed by atoms with Crippen LogP contribution in [0.15, 0.2) is 72.8 Å². The third-order valence-corrected chi connectivity index (χ3v) is 7.30. The highest BCUT2D eigenvalue weighted by atomic mass is 32.1. The molecular formula is C25H20F2O4S. The number of allylic oxidation sites excluding steroid dienone is 1. The number of esters is 2. The van der Waals surface area contributed by atoms with Gasteiger partial charge >= 0.3 is 17.9 Å². The average molecular weight is 454 g/mol. The van der Waals surface area contributed by atoms with E-state index in [9.17, 15) is 9.59 Å². The van der Waals surface area contributed by atoms with Gasteiger partial charge in [-0.1, -0.05) is 42.5 Å². The second kappa shape index (κ2) is 8.13. The van der Waals surface area contributed by atoms with E-state index in [1.165, 1.54) is 12.1 Å². The predicted molar refractivity (Wildman–Crippen MR) is 117 cm³/mol. The minimum absolute atomic E-state index is 0.0546. The maximum Gasteiger partial charge on any atom is 0.338 e. The number of alkyl halides is 2. The van der Waals surface area contributed by atoms with Crippen molar-refractivity contribution in [3.8, 4) is 0 Å². The zero-order chi connectivity index (χ0) is 22.3. The number of hydrogen-bond acceptors (Lipinski definition) is 5. The van der Waals surface area contributed by atoms with Crippen molar-refractivity contribution < 1.29 is 27.8 Å². The molecule has 0 amide bonds. The van der Waals surface area contributed by atoms with Crippen molar-refractivity contribution in [2.24, 2.45) is 11.8 Å². The van der Waals surface area contributed by atoms with Crippen molar-refractivity contribution >= 4 is 33.4 Å². The first-order valence-corrected chi connectivity index (χ1v) is 11.2. The summed E-state index contributed by atoms with van der Waals surface area (Å²) >= 11 is 1.05. The minimum Gasteiger partial charge on any atom is -0.462 e. The lowest BCUT2D eigenvalue weighted by Gasteiger charge is -2.21. The number of ether oxygens (including phenoxy) is 2. The highest BCUT2D eigenvalue weighted by Gasteiger charge is 2.51. The van der Waals surface area contributed by atoms with Gasteiger partial charge in [-0.05, 0) is 35.7 Å². The molecule has 4 nitrogen and oxygen atoms in total. The van der Waals surface area contributed by atoms with Crippen molar-refractivity contribution in [1.82, 2.24) is 0 Å². The number of rotatable bonds is 5. The van der Waals surface area contributed by atoms with E-state index in [0.29, 0.717) is 12.0 Å². The van der Waals surface area contributed by atoms with E-state index in [2.05, 4.69) is 0 Å². The molecule has 2 aromatic carbocycles. The normalized spacial score (nSPS) is 25.2. The van der Waals surface area contributed by atoms with Gasteiger partial charge in [0.05, 0.1) is 16.9 Å². The third-order valence-electron chi connectivity index (χ3n) is 6.10. The van der Waals surface area contributed by atoms with Crippen LogP contribution in [0.3, 0.4) is 0 Å². The van der Waals surface area contributed by atoms with Gasteiger partial charge in [0, 0.05) is 23.0 Å². The Balaban J connectivity index is 1.39. The Kier molecular flexibility index (Phi) is 5.29. The van der Waals surface area contributed by atoms with Crippen LogP contribution < -0.4 is 0 Å². The average Bonchev–Trinajstić information content (AvgIpc) is 3.45. The lowest BCUT2D eigenvalue weighted by atomic mass is 9.91. The molecule has 3 aromatic rings. The van der Waals surface area contributed by atoms with Gasteiger partial charge in [-0.2, -0.15) is 8.78 Å². The van der Waals surface area contributed by atoms with Gasteiger partial charge in [-0.25, -0.2) is 4.79 Å². The first-order chi connectivity index (χ1) is 15.4. The summed E-state index contributed by atoms with van der Waals surface area (Å²) in [6.07, 6.45) is 1.65. The first-order valence-electron chi connectivity index (χ1n) is 10.4. The van der Waals surface area contributed by atoms with Gasteiger partial charge in [0.25, 0.3) is 0 Å². The highest BCUT2D eigenvalue weighted by Crippen LogP contribution is 2.45. The SMILES string of the molecule is O=C1C[C@@H]2[C@@H](/C=C/C(F)(F)c3cc4ccccc4s3)[C@H](OC(=O)c3ccccc3)C[C@@H]2O1. The Hall–Kier alpha value is -3.06. The Morgan fingerprint density at radius 3 is 2.66 bits per heavy atom. The maximum atomic E-state index is 15.0. The molecule has 2 fully saturated rings. The van der Waals surface area contributed by atoms with E-state index in [-0.39, 0.29) is 23.2 Å². The smallest absolute Gasteiger partial charge is 0.338 e. The number of thiophene rings is 1. The van der Waals surface area contributed by atoms with Gasteiger partial charge in [0.15, 0.2) is 0 Å². The summed E-state index contributed by atoms with van der Waals surface area (Å²) in [6, 6.07) is 17.3. The molecule has 2 aliphatic rings. The number of hydrogen-bond donors (Lipinski definition) is 0. The van der Waals surface area contributed by atoms with Gasteiger partial charge in [-0.15, -0.1) is 11.3 Å². The molecule has 32 heavy (non-hydrogen) atoms. The first kappa shape index (κ1) is 20.8. The van der Waals surface area contributed by atoms with Crippen LogP contribution >= 0.6 is 11.3 Å². The summed E-state index contributed by atoms with van der Waals surface area (Å²) < 4.78 is 41.9. The summed E-state index contributed by atoms with van der Waals surface area (Å²) in [7, 11) is 0. The van der Waals surface area contributed by atoms with E-state index < -0.39 is 30.0 Å². The van der Waals surface area contributed by atoms with Crippen LogP contribution in [0.2, 0.25) is 0 Å². The van der Waals surface area contributed by atoms with E-state index in [1.807, 2.05) is 18.2 Å². The molecule has 0 radical (unpaired) electrons. The monoisotopic (exact) mass is 454 g/mol. The van der Waals surface area contributed by atoms with Crippen molar-refractivity contribution in [1.29, 1.82) is 0 Å². The fourth-order valence-electron chi connectivity index (χ4n) is 4.53. The van der Waals surface area contributed by atoms with Crippen molar-refractivity contribution in [2.75, 3.05) is 0 Å². The van der Waals surface area contributed by atoms with Gasteiger partial charge < -0.3 is 9.47 Å². The fourth-order valence-corrected chi connectivity index (χ4v) is 5.55. The second-order valence-corrected chi connectivity index (χ2v) is 9.23. The van der Waals surface area contributed by atoms with Crippen molar-refractivity contribution in [3.63, 3.8) is 0 Å². The van der Waals surface area contributed by atoms with Crippen LogP contribution in [-0.2, 0) is 20.2 Å². The number of benzene rings is 2. The molecule has 0 unspecified atom stereocenters. The molecule has 7 heteroatoms. The van der Waals surface area contributed by atoms with E-state index in [0.717, 1.165) is 27.5 Å². The molecule has 4 atom stereocenters. The molecular weight excluding hydrogens is 434 g/mol. The molecule has 2 heterocycles. The van der Waals surface area contributed by atoms with E-state index in [4.69, 9.17) is 9.47 Å². The van der Waals surface area contributed by atoms with Gasteiger partial charge in [0.1, 0.15) is 12.2 Å². The maximum absolute atomic E-state index is 15.0. The topological polar surface area (TPSA) is 52.6 Å². The summed E-state index contributed by atoms with van der Waals surface area (Å²) in [5.41, 5.74) is 0.389. The molecule has 0 spiro atoms. The van der Waals surface area contributed by atoms with Gasteiger partial charge in [-0.3, -0.25) is 4.79 Å². The number of fused-ring (bicyclic) bond motifs is 2. The minimum atomic E-state index is -3.18. The van der Waals surface area contributed by atoms with Crippen LogP contribution in [0, 0.1) is 11.8 Å². The molecule has 5 rings (SSSR count). The summed E-state index contributed by atoms with van der Waals surface area (Å²) in [6.45, 7) is 0. The summed E-state index contributed by atoms with van der Waals surface area (Å²) in [4.78, 5) is 24.3.